The van der Waals surface area contributed by atoms with E-state index >= 15 is 0 Å². The summed E-state index contributed by atoms with van der Waals surface area (Å²) in [4.78, 5) is 11.3. The fourth-order valence-corrected chi connectivity index (χ4v) is 1.71. The Morgan fingerprint density at radius 1 is 1.47 bits per heavy atom. The van der Waals surface area contributed by atoms with Crippen LogP contribution in [-0.4, -0.2) is 25.6 Å². The maximum absolute atomic E-state index is 13.7. The minimum atomic E-state index is -0.441. The first-order valence-corrected chi connectivity index (χ1v) is 6.09. The van der Waals surface area contributed by atoms with Gasteiger partial charge in [-0.05, 0) is 38.4 Å². The summed E-state index contributed by atoms with van der Waals surface area (Å²) in [6.45, 7) is 0.196. The van der Waals surface area contributed by atoms with E-state index in [1.807, 2.05) is 0 Å². The van der Waals surface area contributed by atoms with Crippen molar-refractivity contribution in [3.63, 3.8) is 0 Å². The van der Waals surface area contributed by atoms with Gasteiger partial charge in [0.2, 0.25) is 5.91 Å². The molecule has 1 amide bonds. The average molecular weight is 289 g/mol. The molecule has 0 aromatic heterocycles. The number of hydrogen-bond acceptors (Lipinski definition) is 3. The third-order valence-electron chi connectivity index (χ3n) is 2.90. The van der Waals surface area contributed by atoms with Gasteiger partial charge in [0.25, 0.3) is 0 Å². The van der Waals surface area contributed by atoms with Gasteiger partial charge in [0, 0.05) is 11.8 Å². The minimum absolute atomic E-state index is 0. The van der Waals surface area contributed by atoms with Gasteiger partial charge in [-0.1, -0.05) is 0 Å². The standard InChI is InChI=1S/C13H17FN2O2.ClH/c1-15-8-13(17)16-9-5-6-12(11(14)7-9)18-10-3-2-4-10;/h5-7,10,15H,2-4,8H2,1H3,(H,16,17);1H. The molecular formula is C13H18ClFN2O2. The molecule has 0 unspecified atom stereocenters. The van der Waals surface area contributed by atoms with E-state index in [1.54, 1.807) is 19.2 Å². The summed E-state index contributed by atoms with van der Waals surface area (Å²) in [5.41, 5.74) is 0.439. The lowest BCUT2D eigenvalue weighted by atomic mass is 9.96. The van der Waals surface area contributed by atoms with Gasteiger partial charge in [0.05, 0.1) is 12.6 Å². The zero-order chi connectivity index (χ0) is 13.0. The summed E-state index contributed by atoms with van der Waals surface area (Å²) >= 11 is 0. The lowest BCUT2D eigenvalue weighted by Gasteiger charge is -2.26. The number of carbonyl (C=O) groups is 1. The quantitative estimate of drug-likeness (QED) is 0.874. The van der Waals surface area contributed by atoms with E-state index in [9.17, 15) is 9.18 Å². The smallest absolute Gasteiger partial charge is 0.238 e. The summed E-state index contributed by atoms with van der Waals surface area (Å²) < 4.78 is 19.2. The average Bonchev–Trinajstić information content (AvgIpc) is 2.26. The number of benzene rings is 1. The minimum Gasteiger partial charge on any atom is -0.487 e. The number of amides is 1. The van der Waals surface area contributed by atoms with Crippen molar-refractivity contribution >= 4 is 24.0 Å². The molecule has 0 spiro atoms. The lowest BCUT2D eigenvalue weighted by Crippen LogP contribution is -2.26. The number of anilines is 1. The molecule has 0 aliphatic heterocycles. The van der Waals surface area contributed by atoms with Crippen LogP contribution in [0.25, 0.3) is 0 Å². The number of nitrogens with one attached hydrogen (secondary N) is 2. The van der Waals surface area contributed by atoms with Crippen LogP contribution in [0.15, 0.2) is 18.2 Å². The Morgan fingerprint density at radius 2 is 2.21 bits per heavy atom. The number of carbonyl (C=O) groups excluding carboxylic acids is 1. The molecule has 0 heterocycles. The van der Waals surface area contributed by atoms with Crippen LogP contribution in [0.5, 0.6) is 5.75 Å². The second-order valence-electron chi connectivity index (χ2n) is 4.39. The zero-order valence-electron chi connectivity index (χ0n) is 10.7. The Bertz CT molecular complexity index is 439. The van der Waals surface area contributed by atoms with E-state index in [2.05, 4.69) is 10.6 Å². The number of likely N-dealkylation sites (N-methyl/N-ethyl adjacent to an activating group) is 1. The fourth-order valence-electron chi connectivity index (χ4n) is 1.71. The van der Waals surface area contributed by atoms with Gasteiger partial charge in [0.1, 0.15) is 0 Å². The Kier molecular flexibility index (Phi) is 6.05. The van der Waals surface area contributed by atoms with Crippen molar-refractivity contribution in [2.45, 2.75) is 25.4 Å². The molecule has 19 heavy (non-hydrogen) atoms. The van der Waals surface area contributed by atoms with Gasteiger partial charge in [-0.2, -0.15) is 0 Å². The monoisotopic (exact) mass is 288 g/mol. The third kappa shape index (κ3) is 4.36. The van der Waals surface area contributed by atoms with Crippen molar-refractivity contribution in [3.05, 3.63) is 24.0 Å². The van der Waals surface area contributed by atoms with Crippen LogP contribution in [0.4, 0.5) is 10.1 Å². The van der Waals surface area contributed by atoms with Crippen LogP contribution in [0.2, 0.25) is 0 Å². The van der Waals surface area contributed by atoms with Crippen molar-refractivity contribution < 1.29 is 13.9 Å². The van der Waals surface area contributed by atoms with E-state index in [-0.39, 0.29) is 36.7 Å². The first kappa shape index (κ1) is 15.7. The molecule has 2 rings (SSSR count). The molecule has 1 aliphatic rings. The molecular weight excluding hydrogens is 271 g/mol. The van der Waals surface area contributed by atoms with Crippen molar-refractivity contribution in [1.82, 2.24) is 5.32 Å². The normalized spacial score (nSPS) is 14.2. The summed E-state index contributed by atoms with van der Waals surface area (Å²) in [5, 5.41) is 5.32. The molecule has 0 saturated heterocycles. The third-order valence-corrected chi connectivity index (χ3v) is 2.90. The highest BCUT2D eigenvalue weighted by atomic mass is 35.5. The summed E-state index contributed by atoms with van der Waals surface area (Å²) in [6.07, 6.45) is 3.26. The largest absolute Gasteiger partial charge is 0.487 e. The van der Waals surface area contributed by atoms with E-state index in [0.29, 0.717) is 5.69 Å². The molecule has 0 atom stereocenters. The van der Waals surface area contributed by atoms with Crippen LogP contribution in [0.3, 0.4) is 0 Å². The van der Waals surface area contributed by atoms with Gasteiger partial charge in [-0.25, -0.2) is 4.39 Å². The predicted octanol–water partition coefficient (Wildman–Crippen LogP) is 2.34. The number of ether oxygens (including phenoxy) is 1. The Hall–Kier alpha value is -1.33. The summed E-state index contributed by atoms with van der Waals surface area (Å²) in [5.74, 6) is -0.389. The van der Waals surface area contributed by atoms with Crippen molar-refractivity contribution in [2.24, 2.45) is 0 Å². The van der Waals surface area contributed by atoms with E-state index in [0.717, 1.165) is 19.3 Å². The van der Waals surface area contributed by atoms with Gasteiger partial charge in [-0.3, -0.25) is 4.79 Å². The zero-order valence-corrected chi connectivity index (χ0v) is 11.6. The number of rotatable bonds is 5. The van der Waals surface area contributed by atoms with Crippen LogP contribution in [0.1, 0.15) is 19.3 Å². The highest BCUT2D eigenvalue weighted by molar-refractivity contribution is 5.92. The summed E-state index contributed by atoms with van der Waals surface area (Å²) in [6, 6.07) is 4.48. The van der Waals surface area contributed by atoms with Gasteiger partial charge in [-0.15, -0.1) is 12.4 Å². The number of hydrogen-bond donors (Lipinski definition) is 2. The van der Waals surface area contributed by atoms with Crippen LogP contribution >= 0.6 is 12.4 Å². The van der Waals surface area contributed by atoms with Gasteiger partial charge >= 0.3 is 0 Å². The Labute approximate surface area is 118 Å². The topological polar surface area (TPSA) is 50.4 Å². The van der Waals surface area contributed by atoms with Crippen LogP contribution in [-0.2, 0) is 4.79 Å². The predicted molar refractivity (Wildman–Crippen MR) is 74.5 cm³/mol. The highest BCUT2D eigenvalue weighted by Gasteiger charge is 2.20. The molecule has 1 fully saturated rings. The van der Waals surface area contributed by atoms with E-state index < -0.39 is 5.82 Å². The maximum Gasteiger partial charge on any atom is 0.238 e. The van der Waals surface area contributed by atoms with Crippen molar-refractivity contribution in [3.8, 4) is 5.75 Å². The Balaban J connectivity index is 0.00000180. The van der Waals surface area contributed by atoms with Crippen molar-refractivity contribution in [2.75, 3.05) is 18.9 Å². The summed E-state index contributed by atoms with van der Waals surface area (Å²) in [7, 11) is 1.68. The highest BCUT2D eigenvalue weighted by Crippen LogP contribution is 2.28. The molecule has 1 aliphatic carbocycles. The SMILES string of the molecule is CNCC(=O)Nc1ccc(OC2CCC2)c(F)c1.Cl. The molecule has 106 valence electrons. The molecule has 2 N–H and O–H groups in total. The first-order chi connectivity index (χ1) is 8.69. The maximum atomic E-state index is 13.7. The van der Waals surface area contributed by atoms with Gasteiger partial charge < -0.3 is 15.4 Å². The van der Waals surface area contributed by atoms with Crippen LogP contribution in [0, 0.1) is 5.82 Å². The molecule has 0 bridgehead atoms. The van der Waals surface area contributed by atoms with Crippen molar-refractivity contribution in [1.29, 1.82) is 0 Å². The lowest BCUT2D eigenvalue weighted by molar-refractivity contribution is -0.115. The molecule has 1 aromatic rings. The molecule has 0 radical (unpaired) electrons. The number of halogens is 2. The molecule has 1 saturated carbocycles. The Morgan fingerprint density at radius 3 is 2.74 bits per heavy atom. The second-order valence-corrected chi connectivity index (χ2v) is 4.39. The second kappa shape index (κ2) is 7.31. The fraction of sp³-hybridized carbons (Fsp3) is 0.462. The van der Waals surface area contributed by atoms with Gasteiger partial charge in [0.15, 0.2) is 11.6 Å². The van der Waals surface area contributed by atoms with Crippen LogP contribution < -0.4 is 15.4 Å². The van der Waals surface area contributed by atoms with E-state index in [4.69, 9.17) is 4.74 Å². The molecule has 4 nitrogen and oxygen atoms in total. The molecule has 1 aromatic carbocycles. The van der Waals surface area contributed by atoms with E-state index in [1.165, 1.54) is 6.07 Å². The molecule has 6 heteroatoms. The first-order valence-electron chi connectivity index (χ1n) is 6.09.